The predicted octanol–water partition coefficient (Wildman–Crippen LogP) is 2.05. The fourth-order valence-electron chi connectivity index (χ4n) is 2.13. The number of furan rings is 1. The molecule has 0 aromatic carbocycles. The van der Waals surface area contributed by atoms with Crippen LogP contribution in [0.2, 0.25) is 0 Å². The summed E-state index contributed by atoms with van der Waals surface area (Å²) >= 11 is 0. The summed E-state index contributed by atoms with van der Waals surface area (Å²) in [6.45, 7) is 7.32. The van der Waals surface area contributed by atoms with Gasteiger partial charge in [0, 0.05) is 19.6 Å². The Morgan fingerprint density at radius 2 is 2.10 bits per heavy atom. The molecule has 5 nitrogen and oxygen atoms in total. The molecule has 0 saturated heterocycles. The summed E-state index contributed by atoms with van der Waals surface area (Å²) in [4.78, 5) is 0. The van der Waals surface area contributed by atoms with Gasteiger partial charge in [0.05, 0.1) is 6.54 Å². The normalized spacial score (nSPS) is 22.7. The monoisotopic (exact) mass is 300 g/mol. The summed E-state index contributed by atoms with van der Waals surface area (Å²) in [6, 6.07) is 3.59. The van der Waals surface area contributed by atoms with Crippen LogP contribution in [0.4, 0.5) is 0 Å². The number of sulfonamides is 1. The van der Waals surface area contributed by atoms with Crippen molar-refractivity contribution in [1.29, 1.82) is 0 Å². The summed E-state index contributed by atoms with van der Waals surface area (Å²) < 4.78 is 31.6. The average molecular weight is 300 g/mol. The van der Waals surface area contributed by atoms with Crippen LogP contribution in [-0.2, 0) is 16.6 Å². The van der Waals surface area contributed by atoms with Crippen molar-refractivity contribution in [3.05, 3.63) is 17.9 Å². The molecule has 6 heteroatoms. The Morgan fingerprint density at radius 3 is 2.65 bits per heavy atom. The molecule has 0 aliphatic heterocycles. The maximum atomic E-state index is 12.4. The van der Waals surface area contributed by atoms with Gasteiger partial charge in [-0.15, -0.1) is 0 Å². The lowest BCUT2D eigenvalue weighted by Crippen LogP contribution is -2.29. The molecule has 0 spiro atoms. The van der Waals surface area contributed by atoms with E-state index in [1.807, 2.05) is 13.8 Å². The lowest BCUT2D eigenvalue weighted by atomic mass is 10.3. The van der Waals surface area contributed by atoms with Gasteiger partial charge in [0.1, 0.15) is 5.76 Å². The summed E-state index contributed by atoms with van der Waals surface area (Å²) in [5.41, 5.74) is 0. The molecule has 1 aromatic rings. The Hall–Kier alpha value is -0.850. The third kappa shape index (κ3) is 3.62. The second-order valence-electron chi connectivity index (χ2n) is 6.01. The summed E-state index contributed by atoms with van der Waals surface area (Å²) in [5.74, 6) is 1.77. The van der Waals surface area contributed by atoms with Crippen molar-refractivity contribution in [1.82, 2.24) is 9.62 Å². The van der Waals surface area contributed by atoms with Crippen LogP contribution in [0, 0.1) is 11.8 Å². The Balaban J connectivity index is 2.01. The SMILES string of the molecule is CC(C)NCc1ccc(S(=O)(=O)N(C)CC2CC2C)o1. The molecule has 1 aliphatic rings. The highest BCUT2D eigenvalue weighted by Crippen LogP contribution is 2.38. The first-order valence-corrected chi connectivity index (χ1v) is 8.53. The van der Waals surface area contributed by atoms with Gasteiger partial charge in [-0.1, -0.05) is 20.8 Å². The molecule has 1 N–H and O–H groups in total. The van der Waals surface area contributed by atoms with E-state index in [1.54, 1.807) is 19.2 Å². The van der Waals surface area contributed by atoms with E-state index in [4.69, 9.17) is 4.42 Å². The second-order valence-corrected chi connectivity index (χ2v) is 7.99. The van der Waals surface area contributed by atoms with Gasteiger partial charge in [-0.05, 0) is 30.4 Å². The van der Waals surface area contributed by atoms with Gasteiger partial charge in [0.15, 0.2) is 0 Å². The minimum absolute atomic E-state index is 0.0360. The Kier molecular flexibility index (Phi) is 4.56. The van der Waals surface area contributed by atoms with Crippen LogP contribution >= 0.6 is 0 Å². The molecular formula is C14H24N2O3S. The minimum atomic E-state index is -3.50. The quantitative estimate of drug-likeness (QED) is 0.837. The van der Waals surface area contributed by atoms with Crippen LogP contribution in [0.5, 0.6) is 0 Å². The molecule has 2 rings (SSSR count). The van der Waals surface area contributed by atoms with E-state index < -0.39 is 10.0 Å². The number of nitrogens with one attached hydrogen (secondary N) is 1. The van der Waals surface area contributed by atoms with Crippen LogP contribution < -0.4 is 5.32 Å². The molecule has 114 valence electrons. The van der Waals surface area contributed by atoms with E-state index in [0.29, 0.717) is 36.7 Å². The maximum Gasteiger partial charge on any atom is 0.276 e. The van der Waals surface area contributed by atoms with E-state index in [1.165, 1.54) is 4.31 Å². The smallest absolute Gasteiger partial charge is 0.276 e. The molecule has 1 aromatic heterocycles. The maximum absolute atomic E-state index is 12.4. The van der Waals surface area contributed by atoms with Crippen molar-refractivity contribution >= 4 is 10.0 Å². The van der Waals surface area contributed by atoms with Crippen LogP contribution in [0.1, 0.15) is 33.0 Å². The van der Waals surface area contributed by atoms with Crippen molar-refractivity contribution < 1.29 is 12.8 Å². The number of nitrogens with zero attached hydrogens (tertiary/aromatic N) is 1. The highest BCUT2D eigenvalue weighted by molar-refractivity contribution is 7.89. The fraction of sp³-hybridized carbons (Fsp3) is 0.714. The Morgan fingerprint density at radius 1 is 1.45 bits per heavy atom. The predicted molar refractivity (Wildman–Crippen MR) is 77.8 cm³/mol. The first-order chi connectivity index (χ1) is 9.30. The molecular weight excluding hydrogens is 276 g/mol. The summed E-state index contributed by atoms with van der Waals surface area (Å²) in [5, 5.41) is 3.24. The zero-order chi connectivity index (χ0) is 14.9. The third-order valence-corrected chi connectivity index (χ3v) is 5.45. The van der Waals surface area contributed by atoms with Crippen molar-refractivity contribution in [3.63, 3.8) is 0 Å². The lowest BCUT2D eigenvalue weighted by Gasteiger charge is -2.15. The molecule has 20 heavy (non-hydrogen) atoms. The van der Waals surface area contributed by atoms with Crippen molar-refractivity contribution in [2.75, 3.05) is 13.6 Å². The highest BCUT2D eigenvalue weighted by Gasteiger charge is 2.36. The van der Waals surface area contributed by atoms with E-state index in [-0.39, 0.29) is 5.09 Å². The molecule has 0 amide bonds. The Labute approximate surface area is 121 Å². The second kappa shape index (κ2) is 5.87. The van der Waals surface area contributed by atoms with Crippen molar-refractivity contribution in [2.45, 2.75) is 44.9 Å². The van der Waals surface area contributed by atoms with Crippen molar-refractivity contribution in [3.8, 4) is 0 Å². The molecule has 2 atom stereocenters. The molecule has 1 heterocycles. The minimum Gasteiger partial charge on any atom is -0.447 e. The van der Waals surface area contributed by atoms with Crippen molar-refractivity contribution in [2.24, 2.45) is 11.8 Å². The lowest BCUT2D eigenvalue weighted by molar-refractivity contribution is 0.371. The average Bonchev–Trinajstić information content (AvgIpc) is 2.89. The van der Waals surface area contributed by atoms with Gasteiger partial charge in [0.25, 0.3) is 10.0 Å². The highest BCUT2D eigenvalue weighted by atomic mass is 32.2. The van der Waals surface area contributed by atoms with Gasteiger partial charge in [-0.25, -0.2) is 8.42 Å². The van der Waals surface area contributed by atoms with Gasteiger partial charge in [-0.3, -0.25) is 0 Å². The molecule has 0 bridgehead atoms. The molecule has 1 aliphatic carbocycles. The topological polar surface area (TPSA) is 62.6 Å². The van der Waals surface area contributed by atoms with E-state index in [0.717, 1.165) is 6.42 Å². The Bertz CT molecular complexity index is 551. The van der Waals surface area contributed by atoms with E-state index in [2.05, 4.69) is 12.2 Å². The van der Waals surface area contributed by atoms with Crippen LogP contribution in [0.3, 0.4) is 0 Å². The number of hydrogen-bond donors (Lipinski definition) is 1. The molecule has 2 unspecified atom stereocenters. The molecule has 1 saturated carbocycles. The zero-order valence-corrected chi connectivity index (χ0v) is 13.4. The standard InChI is InChI=1S/C14H24N2O3S/c1-10(2)15-8-13-5-6-14(19-13)20(17,18)16(4)9-12-7-11(12)3/h5-6,10-12,15H,7-9H2,1-4H3. The first-order valence-electron chi connectivity index (χ1n) is 7.09. The summed E-state index contributed by atoms with van der Waals surface area (Å²) in [7, 11) is -1.88. The number of rotatable bonds is 7. The molecule has 0 radical (unpaired) electrons. The molecule has 1 fully saturated rings. The largest absolute Gasteiger partial charge is 0.447 e. The van der Waals surface area contributed by atoms with Crippen LogP contribution in [0.15, 0.2) is 21.6 Å². The van der Waals surface area contributed by atoms with Crippen LogP contribution in [0.25, 0.3) is 0 Å². The summed E-state index contributed by atoms with van der Waals surface area (Å²) in [6.07, 6.45) is 1.11. The fourth-order valence-corrected chi connectivity index (χ4v) is 3.28. The van der Waals surface area contributed by atoms with Gasteiger partial charge in [-0.2, -0.15) is 4.31 Å². The van der Waals surface area contributed by atoms with E-state index in [9.17, 15) is 8.42 Å². The van der Waals surface area contributed by atoms with Gasteiger partial charge >= 0.3 is 0 Å². The third-order valence-electron chi connectivity index (χ3n) is 3.75. The van der Waals surface area contributed by atoms with E-state index >= 15 is 0 Å². The van der Waals surface area contributed by atoms with Gasteiger partial charge in [0.2, 0.25) is 5.09 Å². The van der Waals surface area contributed by atoms with Crippen LogP contribution in [-0.4, -0.2) is 32.4 Å². The number of hydrogen-bond acceptors (Lipinski definition) is 4. The first kappa shape index (κ1) is 15.5. The zero-order valence-electron chi connectivity index (χ0n) is 12.6. The van der Waals surface area contributed by atoms with Gasteiger partial charge < -0.3 is 9.73 Å².